The van der Waals surface area contributed by atoms with Crippen LogP contribution in [0, 0.1) is 0 Å². The van der Waals surface area contributed by atoms with E-state index in [1.807, 2.05) is 6.92 Å². The Kier molecular flexibility index (Phi) is 35.1. The fourth-order valence-electron chi connectivity index (χ4n) is 5.14. The molecule has 0 aliphatic rings. The van der Waals surface area contributed by atoms with Crippen LogP contribution in [-0.2, 0) is 38.2 Å². The predicted octanol–water partition coefficient (Wildman–Crippen LogP) is 6.15. The van der Waals surface area contributed by atoms with Crippen molar-refractivity contribution < 1.29 is 38.2 Å². The Morgan fingerprint density at radius 1 is 0.388 bits per heavy atom. The van der Waals surface area contributed by atoms with E-state index in [0.717, 1.165) is 51.5 Å². The first-order valence-corrected chi connectivity index (χ1v) is 19.5. The second kappa shape index (κ2) is 36.9. The Labute approximate surface area is 297 Å². The summed E-state index contributed by atoms with van der Waals surface area (Å²) in [5, 5.41) is 8.51. The van der Waals surface area contributed by atoms with Gasteiger partial charge in [0, 0.05) is 58.2 Å². The number of carbonyl (C=O) groups excluding carboxylic acids is 5. The molecule has 0 heterocycles. The molecule has 0 spiro atoms. The van der Waals surface area contributed by atoms with Crippen LogP contribution in [0.1, 0.15) is 155 Å². The first-order chi connectivity index (χ1) is 23.9. The smallest absolute Gasteiger partial charge is 0.246 e. The number of rotatable bonds is 38. The van der Waals surface area contributed by atoms with Crippen LogP contribution in [0.25, 0.3) is 0 Å². The molecule has 0 aromatic carbocycles. The monoisotopic (exact) mass is 698 g/mol. The van der Waals surface area contributed by atoms with Crippen LogP contribution in [0.2, 0.25) is 0 Å². The Morgan fingerprint density at radius 2 is 0.837 bits per heavy atom. The van der Waals surface area contributed by atoms with E-state index in [9.17, 15) is 24.0 Å². The van der Waals surface area contributed by atoms with E-state index in [1.165, 1.54) is 44.9 Å². The largest absolute Gasteiger partial charge is 0.379 e. The minimum absolute atomic E-state index is 0.0837. The van der Waals surface area contributed by atoms with Crippen LogP contribution < -0.4 is 16.0 Å². The highest BCUT2D eigenvalue weighted by Gasteiger charge is 2.06. The Balaban J connectivity index is 3.42. The molecule has 0 aliphatic heterocycles. The number of nitrogens with one attached hydrogen (secondary N) is 3. The van der Waals surface area contributed by atoms with Crippen LogP contribution in [0.5, 0.6) is 0 Å². The lowest BCUT2D eigenvalue weighted by molar-refractivity contribution is -0.126. The summed E-state index contributed by atoms with van der Waals surface area (Å²) in [5.74, 6) is 0.275. The molecule has 0 unspecified atom stereocenters. The topological polar surface area (TPSA) is 149 Å². The van der Waals surface area contributed by atoms with Crippen molar-refractivity contribution in [2.24, 2.45) is 0 Å². The van der Waals surface area contributed by atoms with Crippen molar-refractivity contribution in [3.8, 4) is 0 Å². The Morgan fingerprint density at radius 3 is 1.45 bits per heavy atom. The van der Waals surface area contributed by atoms with Gasteiger partial charge in [0.15, 0.2) is 0 Å². The maximum absolute atomic E-state index is 12.2. The minimum atomic E-state index is -0.255. The maximum Gasteiger partial charge on any atom is 0.246 e. The van der Waals surface area contributed by atoms with Gasteiger partial charge in [0.05, 0.1) is 33.0 Å². The number of unbranched alkanes of at least 4 members (excludes halogenated alkanes) is 13. The number of ketones is 2. The molecule has 0 aromatic rings. The summed E-state index contributed by atoms with van der Waals surface area (Å²) in [6.45, 7) is 7.25. The van der Waals surface area contributed by atoms with Crippen molar-refractivity contribution in [3.05, 3.63) is 0 Å². The molecule has 0 radical (unpaired) electrons. The van der Waals surface area contributed by atoms with E-state index in [-0.39, 0.29) is 42.5 Å². The summed E-state index contributed by atoms with van der Waals surface area (Å²) in [5.41, 5.74) is 0. The van der Waals surface area contributed by atoms with Gasteiger partial charge in [-0.2, -0.15) is 0 Å². The number of amides is 3. The summed E-state index contributed by atoms with van der Waals surface area (Å²) < 4.78 is 16.0. The standard InChI is InChI=1S/C38H71N3O8/c1-3-5-6-7-8-11-14-19-25-39-36(44)22-16-13-10-9-12-15-20-35(43)21-17-18-23-37(45)40-27-30-49-33-38(46)41-26-29-48-32-31-47-28-24-34(42)4-2/h3-33H2,1-2H3,(H,39,44)(H,40,45)(H,41,46). The molecule has 0 atom stereocenters. The number of Topliss-reactive ketones (excluding diaryl/α,β-unsaturated/α-hetero) is 2. The molecule has 0 aliphatic carbocycles. The number of carbonyl (C=O) groups is 5. The van der Waals surface area contributed by atoms with Crippen LogP contribution in [0.4, 0.5) is 0 Å². The van der Waals surface area contributed by atoms with E-state index in [4.69, 9.17) is 14.2 Å². The molecule has 0 saturated carbocycles. The average molecular weight is 698 g/mol. The maximum atomic E-state index is 12.2. The number of hydrogen-bond donors (Lipinski definition) is 3. The summed E-state index contributed by atoms with van der Waals surface area (Å²) in [4.78, 5) is 59.1. The van der Waals surface area contributed by atoms with Gasteiger partial charge in [-0.25, -0.2) is 0 Å². The third kappa shape index (κ3) is 36.7. The average Bonchev–Trinajstić information content (AvgIpc) is 3.09. The van der Waals surface area contributed by atoms with E-state index in [1.54, 1.807) is 0 Å². The van der Waals surface area contributed by atoms with Crippen LogP contribution in [0.3, 0.4) is 0 Å². The quantitative estimate of drug-likeness (QED) is 0.0652. The van der Waals surface area contributed by atoms with Gasteiger partial charge in [-0.15, -0.1) is 0 Å². The molecule has 11 heteroatoms. The number of ether oxygens (including phenoxy) is 3. The lowest BCUT2D eigenvalue weighted by Crippen LogP contribution is -2.32. The van der Waals surface area contributed by atoms with Crippen molar-refractivity contribution in [2.45, 2.75) is 155 Å². The Hall–Kier alpha value is -2.37. The molecular weight excluding hydrogens is 626 g/mol. The van der Waals surface area contributed by atoms with E-state index in [0.29, 0.717) is 90.9 Å². The molecule has 0 aromatic heterocycles. The zero-order valence-electron chi connectivity index (χ0n) is 31.2. The molecule has 3 N–H and O–H groups in total. The van der Waals surface area contributed by atoms with Crippen LogP contribution in [-0.4, -0.2) is 88.6 Å². The molecule has 0 fully saturated rings. The van der Waals surface area contributed by atoms with Crippen molar-refractivity contribution >= 4 is 29.3 Å². The molecule has 3 amide bonds. The first kappa shape index (κ1) is 46.6. The lowest BCUT2D eigenvalue weighted by Gasteiger charge is -2.08. The minimum Gasteiger partial charge on any atom is -0.379 e. The fourth-order valence-corrected chi connectivity index (χ4v) is 5.14. The van der Waals surface area contributed by atoms with E-state index < -0.39 is 0 Å². The van der Waals surface area contributed by atoms with Gasteiger partial charge in [-0.05, 0) is 32.1 Å². The Bertz CT molecular complexity index is 840. The van der Waals surface area contributed by atoms with Gasteiger partial charge in [0.1, 0.15) is 18.2 Å². The van der Waals surface area contributed by atoms with Crippen molar-refractivity contribution in [3.63, 3.8) is 0 Å². The van der Waals surface area contributed by atoms with E-state index >= 15 is 0 Å². The molecule has 286 valence electrons. The van der Waals surface area contributed by atoms with Crippen LogP contribution in [0.15, 0.2) is 0 Å². The second-order valence-electron chi connectivity index (χ2n) is 12.8. The normalized spacial score (nSPS) is 11.0. The predicted molar refractivity (Wildman–Crippen MR) is 194 cm³/mol. The van der Waals surface area contributed by atoms with Gasteiger partial charge in [0.2, 0.25) is 17.7 Å². The van der Waals surface area contributed by atoms with Crippen molar-refractivity contribution in [1.82, 2.24) is 16.0 Å². The van der Waals surface area contributed by atoms with Gasteiger partial charge in [-0.1, -0.05) is 84.5 Å². The molecule has 49 heavy (non-hydrogen) atoms. The number of hydrogen-bond acceptors (Lipinski definition) is 8. The molecule has 0 rings (SSSR count). The zero-order valence-corrected chi connectivity index (χ0v) is 31.2. The summed E-state index contributed by atoms with van der Waals surface area (Å²) in [6.07, 6.45) is 20.7. The highest BCUT2D eigenvalue weighted by molar-refractivity contribution is 5.79. The van der Waals surface area contributed by atoms with Gasteiger partial charge in [0.25, 0.3) is 0 Å². The molecule has 0 bridgehead atoms. The molecule has 0 saturated heterocycles. The van der Waals surface area contributed by atoms with E-state index in [2.05, 4.69) is 22.9 Å². The lowest BCUT2D eigenvalue weighted by atomic mass is 10.0. The van der Waals surface area contributed by atoms with Gasteiger partial charge < -0.3 is 30.2 Å². The van der Waals surface area contributed by atoms with Crippen molar-refractivity contribution in [2.75, 3.05) is 59.3 Å². The summed E-state index contributed by atoms with van der Waals surface area (Å²) >= 11 is 0. The second-order valence-corrected chi connectivity index (χ2v) is 12.8. The first-order valence-electron chi connectivity index (χ1n) is 19.5. The fraction of sp³-hybridized carbons (Fsp3) is 0.868. The SMILES string of the molecule is CCCCCCCCCCNC(=O)CCCCCCCCC(=O)CCCCC(=O)NCCOCC(=O)NCCOCCOCCC(=O)CC. The summed E-state index contributed by atoms with van der Waals surface area (Å²) in [7, 11) is 0. The third-order valence-electron chi connectivity index (χ3n) is 8.23. The zero-order chi connectivity index (χ0) is 36.0. The van der Waals surface area contributed by atoms with Gasteiger partial charge >= 0.3 is 0 Å². The molecular formula is C38H71N3O8. The third-order valence-corrected chi connectivity index (χ3v) is 8.23. The molecule has 11 nitrogen and oxygen atoms in total. The van der Waals surface area contributed by atoms with Crippen molar-refractivity contribution in [1.29, 1.82) is 0 Å². The van der Waals surface area contributed by atoms with Crippen LogP contribution >= 0.6 is 0 Å². The van der Waals surface area contributed by atoms with Gasteiger partial charge in [-0.3, -0.25) is 24.0 Å². The summed E-state index contributed by atoms with van der Waals surface area (Å²) in [6, 6.07) is 0. The highest BCUT2D eigenvalue weighted by Crippen LogP contribution is 2.11. The highest BCUT2D eigenvalue weighted by atomic mass is 16.5.